The van der Waals surface area contributed by atoms with Crippen LogP contribution in [0.1, 0.15) is 29.5 Å². The lowest BCUT2D eigenvalue weighted by atomic mass is 9.96. The molecule has 2 aromatic rings. The molecule has 1 amide bonds. The lowest BCUT2D eigenvalue weighted by molar-refractivity contribution is -0.121. The van der Waals surface area contributed by atoms with Gasteiger partial charge in [-0.15, -0.1) is 0 Å². The lowest BCUT2D eigenvalue weighted by Gasteiger charge is -2.32. The molecule has 1 unspecified atom stereocenters. The molecule has 1 fully saturated rings. The second-order valence-electron chi connectivity index (χ2n) is 6.85. The van der Waals surface area contributed by atoms with Crippen LogP contribution in [0.5, 0.6) is 0 Å². The summed E-state index contributed by atoms with van der Waals surface area (Å²) in [7, 11) is 0. The molecular formula is C21H26N2O. The van der Waals surface area contributed by atoms with Crippen LogP contribution in [-0.4, -0.2) is 23.9 Å². The van der Waals surface area contributed by atoms with Crippen LogP contribution in [0.2, 0.25) is 0 Å². The predicted molar refractivity (Wildman–Crippen MR) is 99.0 cm³/mol. The molecule has 1 heterocycles. The number of hydrogen-bond donors (Lipinski definition) is 1. The highest BCUT2D eigenvalue weighted by molar-refractivity contribution is 5.92. The van der Waals surface area contributed by atoms with Gasteiger partial charge in [0.25, 0.3) is 0 Å². The Bertz CT molecular complexity index is 696. The van der Waals surface area contributed by atoms with E-state index >= 15 is 0 Å². The van der Waals surface area contributed by atoms with Crippen molar-refractivity contribution in [1.29, 1.82) is 0 Å². The number of piperidine rings is 1. The second kappa shape index (κ2) is 7.63. The van der Waals surface area contributed by atoms with Gasteiger partial charge in [0.15, 0.2) is 0 Å². The average Bonchev–Trinajstić information content (AvgIpc) is 2.59. The molecule has 1 aliphatic rings. The van der Waals surface area contributed by atoms with E-state index in [-0.39, 0.29) is 11.8 Å². The highest BCUT2D eigenvalue weighted by atomic mass is 16.1. The van der Waals surface area contributed by atoms with E-state index < -0.39 is 0 Å². The summed E-state index contributed by atoms with van der Waals surface area (Å²) in [5.74, 6) is 0.222. The molecule has 1 atom stereocenters. The number of carbonyl (C=O) groups excluding carboxylic acids is 1. The summed E-state index contributed by atoms with van der Waals surface area (Å²) in [5, 5.41) is 3.10. The molecule has 0 aromatic heterocycles. The molecule has 1 aliphatic heterocycles. The van der Waals surface area contributed by atoms with E-state index in [0.717, 1.165) is 38.2 Å². The minimum absolute atomic E-state index is 0.0732. The number of anilines is 1. The van der Waals surface area contributed by atoms with Gasteiger partial charge in [0.2, 0.25) is 5.91 Å². The first-order valence-electron chi connectivity index (χ1n) is 8.76. The molecular weight excluding hydrogens is 296 g/mol. The zero-order chi connectivity index (χ0) is 16.9. The van der Waals surface area contributed by atoms with Gasteiger partial charge in [0, 0.05) is 18.8 Å². The number of nitrogens with one attached hydrogen (secondary N) is 1. The van der Waals surface area contributed by atoms with Crippen molar-refractivity contribution in [3.05, 3.63) is 65.2 Å². The van der Waals surface area contributed by atoms with E-state index in [1.165, 1.54) is 16.7 Å². The van der Waals surface area contributed by atoms with Crippen molar-refractivity contribution >= 4 is 11.6 Å². The Morgan fingerprint density at radius 2 is 1.92 bits per heavy atom. The number of benzene rings is 2. The number of amides is 1. The number of carbonyl (C=O) groups is 1. The number of nitrogens with zero attached hydrogens (tertiary/aromatic N) is 1. The molecule has 1 N–H and O–H groups in total. The van der Waals surface area contributed by atoms with Crippen LogP contribution >= 0.6 is 0 Å². The van der Waals surface area contributed by atoms with Crippen molar-refractivity contribution in [3.63, 3.8) is 0 Å². The van der Waals surface area contributed by atoms with Crippen molar-refractivity contribution in [3.8, 4) is 0 Å². The molecule has 0 radical (unpaired) electrons. The van der Waals surface area contributed by atoms with Gasteiger partial charge < -0.3 is 5.32 Å². The Hall–Kier alpha value is -2.13. The lowest BCUT2D eigenvalue weighted by Crippen LogP contribution is -2.40. The predicted octanol–water partition coefficient (Wildman–Crippen LogP) is 4.15. The summed E-state index contributed by atoms with van der Waals surface area (Å²) in [4.78, 5) is 15.0. The summed E-state index contributed by atoms with van der Waals surface area (Å²) >= 11 is 0. The summed E-state index contributed by atoms with van der Waals surface area (Å²) in [6.45, 7) is 7.00. The van der Waals surface area contributed by atoms with Crippen LogP contribution in [0.15, 0.2) is 48.5 Å². The third kappa shape index (κ3) is 4.24. The van der Waals surface area contributed by atoms with E-state index in [1.807, 2.05) is 12.1 Å². The third-order valence-corrected chi connectivity index (χ3v) is 4.90. The van der Waals surface area contributed by atoms with Crippen LogP contribution in [0.3, 0.4) is 0 Å². The van der Waals surface area contributed by atoms with E-state index in [0.29, 0.717) is 0 Å². The number of rotatable bonds is 4. The number of aryl methyl sites for hydroxylation is 2. The van der Waals surface area contributed by atoms with Crippen LogP contribution in [0.25, 0.3) is 0 Å². The van der Waals surface area contributed by atoms with E-state index in [2.05, 4.69) is 60.5 Å². The van der Waals surface area contributed by atoms with Crippen LogP contribution < -0.4 is 5.32 Å². The topological polar surface area (TPSA) is 32.3 Å². The smallest absolute Gasteiger partial charge is 0.228 e. The Kier molecular flexibility index (Phi) is 5.31. The minimum atomic E-state index is 0.0732. The fourth-order valence-corrected chi connectivity index (χ4v) is 3.32. The normalized spacial score (nSPS) is 18.3. The minimum Gasteiger partial charge on any atom is -0.326 e. The summed E-state index contributed by atoms with van der Waals surface area (Å²) in [5.41, 5.74) is 4.68. The molecule has 0 saturated carbocycles. The molecule has 0 bridgehead atoms. The van der Waals surface area contributed by atoms with Gasteiger partial charge in [-0.2, -0.15) is 0 Å². The van der Waals surface area contributed by atoms with Gasteiger partial charge in [-0.25, -0.2) is 0 Å². The first-order chi connectivity index (χ1) is 11.6. The Balaban J connectivity index is 1.59. The number of likely N-dealkylation sites (tertiary alicyclic amines) is 1. The quantitative estimate of drug-likeness (QED) is 0.917. The average molecular weight is 322 g/mol. The molecule has 24 heavy (non-hydrogen) atoms. The maximum absolute atomic E-state index is 12.6. The summed E-state index contributed by atoms with van der Waals surface area (Å²) in [6, 6.07) is 16.6. The standard InChI is InChI=1S/C21H26N2O/c1-16-10-11-20(13-17(16)2)22-21(24)19-9-6-12-23(15-19)14-18-7-4-3-5-8-18/h3-5,7-8,10-11,13,19H,6,9,12,14-15H2,1-2H3,(H,22,24). The van der Waals surface area contributed by atoms with Gasteiger partial charge in [-0.05, 0) is 62.1 Å². The molecule has 126 valence electrons. The largest absolute Gasteiger partial charge is 0.326 e. The Morgan fingerprint density at radius 1 is 1.12 bits per heavy atom. The van der Waals surface area contributed by atoms with Gasteiger partial charge in [0.05, 0.1) is 5.92 Å². The highest BCUT2D eigenvalue weighted by Gasteiger charge is 2.25. The molecule has 3 heteroatoms. The second-order valence-corrected chi connectivity index (χ2v) is 6.85. The first-order valence-corrected chi connectivity index (χ1v) is 8.76. The molecule has 2 aromatic carbocycles. The van der Waals surface area contributed by atoms with Crippen LogP contribution in [0, 0.1) is 19.8 Å². The van der Waals surface area contributed by atoms with Crippen molar-refractivity contribution < 1.29 is 4.79 Å². The van der Waals surface area contributed by atoms with Gasteiger partial charge in [-0.1, -0.05) is 36.4 Å². The fourth-order valence-electron chi connectivity index (χ4n) is 3.32. The van der Waals surface area contributed by atoms with Crippen LogP contribution in [-0.2, 0) is 11.3 Å². The maximum atomic E-state index is 12.6. The SMILES string of the molecule is Cc1ccc(NC(=O)C2CCCN(Cc3ccccc3)C2)cc1C. The van der Waals surface area contributed by atoms with E-state index in [1.54, 1.807) is 0 Å². The Morgan fingerprint density at radius 3 is 2.67 bits per heavy atom. The third-order valence-electron chi connectivity index (χ3n) is 4.90. The van der Waals surface area contributed by atoms with Gasteiger partial charge >= 0.3 is 0 Å². The van der Waals surface area contributed by atoms with Crippen molar-refractivity contribution in [2.75, 3.05) is 18.4 Å². The van der Waals surface area contributed by atoms with E-state index in [4.69, 9.17) is 0 Å². The van der Waals surface area contributed by atoms with Crippen LogP contribution in [0.4, 0.5) is 5.69 Å². The van der Waals surface area contributed by atoms with Gasteiger partial charge in [0.1, 0.15) is 0 Å². The van der Waals surface area contributed by atoms with E-state index in [9.17, 15) is 4.79 Å². The maximum Gasteiger partial charge on any atom is 0.228 e. The fraction of sp³-hybridized carbons (Fsp3) is 0.381. The molecule has 0 aliphatic carbocycles. The van der Waals surface area contributed by atoms with Crippen molar-refractivity contribution in [2.24, 2.45) is 5.92 Å². The van der Waals surface area contributed by atoms with Gasteiger partial charge in [-0.3, -0.25) is 9.69 Å². The molecule has 3 rings (SSSR count). The van der Waals surface area contributed by atoms with Crippen molar-refractivity contribution in [1.82, 2.24) is 4.90 Å². The van der Waals surface area contributed by atoms with Crippen molar-refractivity contribution in [2.45, 2.75) is 33.2 Å². The molecule has 1 saturated heterocycles. The zero-order valence-electron chi connectivity index (χ0n) is 14.6. The molecule has 0 spiro atoms. The highest BCUT2D eigenvalue weighted by Crippen LogP contribution is 2.21. The first kappa shape index (κ1) is 16.7. The Labute approximate surface area is 144 Å². The number of hydrogen-bond acceptors (Lipinski definition) is 2. The zero-order valence-corrected chi connectivity index (χ0v) is 14.6. The molecule has 3 nitrogen and oxygen atoms in total. The summed E-state index contributed by atoms with van der Waals surface area (Å²) in [6.07, 6.45) is 2.06. The monoisotopic (exact) mass is 322 g/mol. The summed E-state index contributed by atoms with van der Waals surface area (Å²) < 4.78 is 0.